The van der Waals surface area contributed by atoms with Crippen molar-refractivity contribution >= 4 is 0 Å². The molecule has 0 aliphatic carbocycles. The number of rotatable bonds is 2. The first kappa shape index (κ1) is 5.92. The van der Waals surface area contributed by atoms with Crippen LogP contribution in [-0.2, 0) is 0 Å². The Hall–Kier alpha value is -0.0800. The van der Waals surface area contributed by atoms with Crippen LogP contribution in [0.5, 0.6) is 0 Å². The van der Waals surface area contributed by atoms with E-state index in [4.69, 9.17) is 5.73 Å². The summed E-state index contributed by atoms with van der Waals surface area (Å²) in [5, 5.41) is 2.69. The molecule has 0 aromatic carbocycles. The minimum absolute atomic E-state index is 0.225. The minimum atomic E-state index is 0.225. The first-order valence-electron chi connectivity index (χ1n) is 2.03. The molecule has 6 heavy (non-hydrogen) atoms. The first-order chi connectivity index (χ1) is 2.77. The van der Waals surface area contributed by atoms with Crippen LogP contribution < -0.4 is 11.1 Å². The summed E-state index contributed by atoms with van der Waals surface area (Å²) in [5.74, 6) is 0. The number of hydrogen-bond acceptors (Lipinski definition) is 2. The lowest BCUT2D eigenvalue weighted by atomic mass is 10.4. The summed E-state index contributed by atoms with van der Waals surface area (Å²) in [6.45, 7) is 2.72. The standard InChI is InChI=1S/C4H11N2/c1-4(5)3-6-2/h4,6H,2-3,5H2,1H3. The van der Waals surface area contributed by atoms with Gasteiger partial charge in [0, 0.05) is 19.6 Å². The highest BCUT2D eigenvalue weighted by atomic mass is 14.8. The molecule has 0 aromatic rings. The molecular formula is C4H11N2. The lowest BCUT2D eigenvalue weighted by Gasteiger charge is -1.98. The van der Waals surface area contributed by atoms with Gasteiger partial charge in [-0.15, -0.1) is 0 Å². The maximum Gasteiger partial charge on any atom is 0.0136 e. The fourth-order valence-electron chi connectivity index (χ4n) is 0.228. The van der Waals surface area contributed by atoms with Crippen LogP contribution in [0, 0.1) is 7.05 Å². The molecule has 0 aliphatic heterocycles. The van der Waals surface area contributed by atoms with Gasteiger partial charge in [0.05, 0.1) is 0 Å². The summed E-state index contributed by atoms with van der Waals surface area (Å²) in [7, 11) is 3.40. The molecule has 0 spiro atoms. The van der Waals surface area contributed by atoms with Crippen molar-refractivity contribution < 1.29 is 0 Å². The van der Waals surface area contributed by atoms with Gasteiger partial charge in [0.25, 0.3) is 0 Å². The zero-order valence-corrected chi connectivity index (χ0v) is 4.07. The Morgan fingerprint density at radius 3 is 2.50 bits per heavy atom. The first-order valence-corrected chi connectivity index (χ1v) is 2.03. The largest absolute Gasteiger partial charge is 0.327 e. The van der Waals surface area contributed by atoms with Crippen LogP contribution in [0.1, 0.15) is 6.92 Å². The van der Waals surface area contributed by atoms with Crippen LogP contribution in [0.2, 0.25) is 0 Å². The monoisotopic (exact) mass is 87.1 g/mol. The molecule has 0 saturated carbocycles. The zero-order chi connectivity index (χ0) is 4.99. The third-order valence-electron chi connectivity index (χ3n) is 0.466. The molecule has 0 rings (SSSR count). The van der Waals surface area contributed by atoms with Crippen molar-refractivity contribution in [2.75, 3.05) is 6.54 Å². The number of nitrogens with one attached hydrogen (secondary N) is 1. The van der Waals surface area contributed by atoms with Crippen LogP contribution in [0.4, 0.5) is 0 Å². The van der Waals surface area contributed by atoms with Crippen molar-refractivity contribution in [1.29, 1.82) is 0 Å². The Labute approximate surface area is 38.7 Å². The van der Waals surface area contributed by atoms with E-state index in [0.29, 0.717) is 0 Å². The Morgan fingerprint density at radius 1 is 2.00 bits per heavy atom. The molecule has 0 aromatic heterocycles. The van der Waals surface area contributed by atoms with Crippen molar-refractivity contribution in [1.82, 2.24) is 5.32 Å². The summed E-state index contributed by atoms with van der Waals surface area (Å²) in [4.78, 5) is 0. The van der Waals surface area contributed by atoms with Gasteiger partial charge in [-0.3, -0.25) is 0 Å². The normalized spacial score (nSPS) is 14.5. The van der Waals surface area contributed by atoms with Crippen LogP contribution in [0.25, 0.3) is 0 Å². The third kappa shape index (κ3) is 3.92. The molecule has 0 bridgehead atoms. The van der Waals surface area contributed by atoms with Crippen LogP contribution in [0.15, 0.2) is 0 Å². The molecule has 0 fully saturated rings. The predicted molar refractivity (Wildman–Crippen MR) is 27.0 cm³/mol. The molecule has 0 amide bonds. The summed E-state index contributed by atoms with van der Waals surface area (Å²) in [6.07, 6.45) is 0. The third-order valence-corrected chi connectivity index (χ3v) is 0.466. The Kier molecular flexibility index (Phi) is 3.08. The summed E-state index contributed by atoms with van der Waals surface area (Å²) < 4.78 is 0. The Bertz CT molecular complexity index is 26.7. The molecule has 1 atom stereocenters. The summed E-state index contributed by atoms with van der Waals surface area (Å²) in [5.41, 5.74) is 5.30. The van der Waals surface area contributed by atoms with Gasteiger partial charge in [0.15, 0.2) is 0 Å². The average molecular weight is 87.1 g/mol. The molecule has 2 nitrogen and oxygen atoms in total. The number of hydrogen-bond donors (Lipinski definition) is 2. The van der Waals surface area contributed by atoms with Gasteiger partial charge in [-0.05, 0) is 6.92 Å². The van der Waals surface area contributed by atoms with Gasteiger partial charge in [-0.2, -0.15) is 0 Å². The molecule has 2 heteroatoms. The van der Waals surface area contributed by atoms with Crippen molar-refractivity contribution in [3.8, 4) is 0 Å². The quantitative estimate of drug-likeness (QED) is 0.486. The van der Waals surface area contributed by atoms with Crippen molar-refractivity contribution in [2.24, 2.45) is 5.73 Å². The number of nitrogens with two attached hydrogens (primary N) is 1. The zero-order valence-electron chi connectivity index (χ0n) is 4.07. The molecule has 1 unspecified atom stereocenters. The Balaban J connectivity index is 2.63. The van der Waals surface area contributed by atoms with E-state index in [9.17, 15) is 0 Å². The van der Waals surface area contributed by atoms with Gasteiger partial charge >= 0.3 is 0 Å². The fourth-order valence-corrected chi connectivity index (χ4v) is 0.228. The molecule has 3 N–H and O–H groups in total. The highest BCUT2D eigenvalue weighted by Gasteiger charge is 1.84. The molecular weight excluding hydrogens is 76.1 g/mol. The summed E-state index contributed by atoms with van der Waals surface area (Å²) in [6, 6.07) is 0.225. The van der Waals surface area contributed by atoms with E-state index in [-0.39, 0.29) is 6.04 Å². The van der Waals surface area contributed by atoms with Gasteiger partial charge in [0.1, 0.15) is 0 Å². The lowest BCUT2D eigenvalue weighted by molar-refractivity contribution is 0.685. The lowest BCUT2D eigenvalue weighted by Crippen LogP contribution is -2.27. The maximum absolute atomic E-state index is 5.30. The van der Waals surface area contributed by atoms with E-state index in [1.165, 1.54) is 0 Å². The van der Waals surface area contributed by atoms with Crippen molar-refractivity contribution in [3.63, 3.8) is 0 Å². The molecule has 37 valence electrons. The van der Waals surface area contributed by atoms with Crippen molar-refractivity contribution in [3.05, 3.63) is 7.05 Å². The highest BCUT2D eigenvalue weighted by Crippen LogP contribution is 1.64. The molecule has 0 heterocycles. The van der Waals surface area contributed by atoms with E-state index in [2.05, 4.69) is 12.4 Å². The predicted octanol–water partition coefficient (Wildman–Crippen LogP) is -0.285. The van der Waals surface area contributed by atoms with Crippen LogP contribution in [-0.4, -0.2) is 12.6 Å². The van der Waals surface area contributed by atoms with E-state index in [1.807, 2.05) is 6.92 Å². The van der Waals surface area contributed by atoms with Crippen LogP contribution in [0.3, 0.4) is 0 Å². The topological polar surface area (TPSA) is 38.0 Å². The second-order valence-corrected chi connectivity index (χ2v) is 1.43. The summed E-state index contributed by atoms with van der Waals surface area (Å²) >= 11 is 0. The smallest absolute Gasteiger partial charge is 0.0136 e. The van der Waals surface area contributed by atoms with Crippen LogP contribution >= 0.6 is 0 Å². The van der Waals surface area contributed by atoms with E-state index < -0.39 is 0 Å². The van der Waals surface area contributed by atoms with Crippen molar-refractivity contribution in [2.45, 2.75) is 13.0 Å². The molecule has 0 aliphatic rings. The van der Waals surface area contributed by atoms with E-state index in [1.54, 1.807) is 0 Å². The van der Waals surface area contributed by atoms with Gasteiger partial charge in [0.2, 0.25) is 0 Å². The fraction of sp³-hybridized carbons (Fsp3) is 0.750. The second kappa shape index (κ2) is 3.12. The average Bonchev–Trinajstić information content (AvgIpc) is 1.35. The van der Waals surface area contributed by atoms with E-state index >= 15 is 0 Å². The van der Waals surface area contributed by atoms with Gasteiger partial charge < -0.3 is 11.1 Å². The van der Waals surface area contributed by atoms with Gasteiger partial charge in [-0.25, -0.2) is 0 Å². The second-order valence-electron chi connectivity index (χ2n) is 1.43. The van der Waals surface area contributed by atoms with E-state index in [0.717, 1.165) is 6.54 Å². The minimum Gasteiger partial charge on any atom is -0.327 e. The Morgan fingerprint density at radius 2 is 2.50 bits per heavy atom. The van der Waals surface area contributed by atoms with Gasteiger partial charge in [-0.1, -0.05) is 0 Å². The SMILES string of the molecule is [CH2]NCC(C)N. The highest BCUT2D eigenvalue weighted by molar-refractivity contribution is 4.54. The molecule has 0 saturated heterocycles. The molecule has 1 radical (unpaired) electrons. The maximum atomic E-state index is 5.30.